The van der Waals surface area contributed by atoms with Crippen molar-refractivity contribution in [2.75, 3.05) is 0 Å². The minimum atomic E-state index is -1.43. The maximum Gasteiger partial charge on any atom is 0.314 e. The molecule has 0 aliphatic heterocycles. The van der Waals surface area contributed by atoms with Crippen LogP contribution < -0.4 is 0 Å². The third-order valence-electron chi connectivity index (χ3n) is 3.32. The quantitative estimate of drug-likeness (QED) is 0.922. The van der Waals surface area contributed by atoms with Crippen LogP contribution in [0.15, 0.2) is 22.7 Å². The molecule has 92 valence electrons. The summed E-state index contributed by atoms with van der Waals surface area (Å²) < 4.78 is 14.5. The molecule has 0 atom stereocenters. The number of hydrogen-bond donors (Lipinski definition) is 1. The molecule has 17 heavy (non-hydrogen) atoms. The highest BCUT2D eigenvalue weighted by Crippen LogP contribution is 2.49. The van der Waals surface area contributed by atoms with Crippen LogP contribution >= 0.6 is 15.9 Å². The molecule has 1 saturated carbocycles. The first kappa shape index (κ1) is 12.6. The van der Waals surface area contributed by atoms with Crippen LogP contribution in [-0.2, 0) is 15.9 Å². The highest BCUT2D eigenvalue weighted by Gasteiger charge is 2.51. The zero-order chi connectivity index (χ0) is 12.8. The maximum absolute atomic E-state index is 13.8. The summed E-state index contributed by atoms with van der Waals surface area (Å²) in [6.45, 7) is 2.97. The molecule has 1 aliphatic rings. The normalized spacial score (nSPS) is 17.9. The third kappa shape index (κ3) is 2.10. The summed E-state index contributed by atoms with van der Waals surface area (Å²) in [5.41, 5.74) is -0.869. The van der Waals surface area contributed by atoms with Crippen LogP contribution in [0.2, 0.25) is 0 Å². The topological polar surface area (TPSA) is 37.3 Å². The Balaban J connectivity index is 2.42. The smallest absolute Gasteiger partial charge is 0.314 e. The van der Waals surface area contributed by atoms with Crippen LogP contribution in [0.4, 0.5) is 4.39 Å². The molecule has 0 radical (unpaired) electrons. The molecule has 4 heteroatoms. The number of carboxylic acid groups (broad SMARTS) is 1. The van der Waals surface area contributed by atoms with Crippen molar-refractivity contribution in [1.29, 1.82) is 0 Å². The molecule has 1 aromatic carbocycles. The van der Waals surface area contributed by atoms with E-state index in [4.69, 9.17) is 0 Å². The molecule has 0 saturated heterocycles. The number of rotatable bonds is 3. The molecule has 0 spiro atoms. The lowest BCUT2D eigenvalue weighted by Gasteiger charge is -2.19. The molecular formula is C13H14BrFO2. The van der Waals surface area contributed by atoms with Gasteiger partial charge in [0, 0.05) is 10.0 Å². The van der Waals surface area contributed by atoms with Gasteiger partial charge in [-0.15, -0.1) is 0 Å². The second-order valence-corrected chi connectivity index (χ2v) is 5.91. The predicted octanol–water partition coefficient (Wildman–Crippen LogP) is 3.77. The van der Waals surface area contributed by atoms with Gasteiger partial charge in [-0.05, 0) is 38.3 Å². The third-order valence-corrected chi connectivity index (χ3v) is 3.98. The fraction of sp³-hybridized carbons (Fsp3) is 0.462. The SMILES string of the molecule is CC(C)(F)c1ccc(C2(C(=O)O)CC2)cc1Br. The Bertz CT molecular complexity index is 473. The molecule has 0 heterocycles. The van der Waals surface area contributed by atoms with Crippen molar-refractivity contribution in [3.63, 3.8) is 0 Å². The zero-order valence-electron chi connectivity index (χ0n) is 9.76. The Labute approximate surface area is 108 Å². The monoisotopic (exact) mass is 300 g/mol. The summed E-state index contributed by atoms with van der Waals surface area (Å²) in [6, 6.07) is 5.13. The highest BCUT2D eigenvalue weighted by atomic mass is 79.9. The summed E-state index contributed by atoms with van der Waals surface area (Å²) in [4.78, 5) is 11.2. The number of benzene rings is 1. The Hall–Kier alpha value is -0.900. The lowest BCUT2D eigenvalue weighted by atomic mass is 9.92. The molecule has 1 aromatic rings. The second kappa shape index (κ2) is 3.80. The van der Waals surface area contributed by atoms with Crippen molar-refractivity contribution >= 4 is 21.9 Å². The van der Waals surface area contributed by atoms with Gasteiger partial charge < -0.3 is 5.11 Å². The predicted molar refractivity (Wildman–Crippen MR) is 66.8 cm³/mol. The van der Waals surface area contributed by atoms with Gasteiger partial charge in [-0.1, -0.05) is 28.1 Å². The van der Waals surface area contributed by atoms with Crippen molar-refractivity contribution in [3.05, 3.63) is 33.8 Å². The van der Waals surface area contributed by atoms with Crippen LogP contribution in [0.25, 0.3) is 0 Å². The standard InChI is InChI=1S/C13H14BrFO2/c1-12(2,15)9-4-3-8(7-10(9)14)13(5-6-13)11(16)17/h3-4,7H,5-6H2,1-2H3,(H,16,17). The minimum Gasteiger partial charge on any atom is -0.481 e. The van der Waals surface area contributed by atoms with E-state index in [1.807, 2.05) is 0 Å². The number of alkyl halides is 1. The van der Waals surface area contributed by atoms with Gasteiger partial charge in [-0.2, -0.15) is 0 Å². The van der Waals surface area contributed by atoms with E-state index in [0.717, 1.165) is 5.56 Å². The van der Waals surface area contributed by atoms with E-state index >= 15 is 0 Å². The van der Waals surface area contributed by atoms with Crippen molar-refractivity contribution in [1.82, 2.24) is 0 Å². The van der Waals surface area contributed by atoms with Gasteiger partial charge in [0.1, 0.15) is 5.67 Å². The molecule has 0 unspecified atom stereocenters. The lowest BCUT2D eigenvalue weighted by Crippen LogP contribution is -2.20. The average molecular weight is 301 g/mol. The van der Waals surface area contributed by atoms with E-state index in [1.165, 1.54) is 13.8 Å². The van der Waals surface area contributed by atoms with Gasteiger partial charge >= 0.3 is 5.97 Å². The molecule has 2 nitrogen and oxygen atoms in total. The number of hydrogen-bond acceptors (Lipinski definition) is 1. The van der Waals surface area contributed by atoms with Crippen molar-refractivity contribution in [3.8, 4) is 0 Å². The largest absolute Gasteiger partial charge is 0.481 e. The van der Waals surface area contributed by atoms with Crippen molar-refractivity contribution in [2.45, 2.75) is 37.8 Å². The first-order valence-electron chi connectivity index (χ1n) is 5.50. The lowest BCUT2D eigenvalue weighted by molar-refractivity contribution is -0.140. The summed E-state index contributed by atoms with van der Waals surface area (Å²) in [6.07, 6.45) is 1.32. The molecule has 1 aliphatic carbocycles. The first-order chi connectivity index (χ1) is 7.77. The molecule has 1 N–H and O–H groups in total. The average Bonchev–Trinajstić information content (AvgIpc) is 2.95. The Morgan fingerprint density at radius 1 is 1.47 bits per heavy atom. The highest BCUT2D eigenvalue weighted by molar-refractivity contribution is 9.10. The minimum absolute atomic E-state index is 0.544. The van der Waals surface area contributed by atoms with Gasteiger partial charge in [-0.3, -0.25) is 4.79 Å². The van der Waals surface area contributed by atoms with Crippen LogP contribution in [0.1, 0.15) is 37.8 Å². The van der Waals surface area contributed by atoms with Gasteiger partial charge in [-0.25, -0.2) is 4.39 Å². The Morgan fingerprint density at radius 2 is 2.06 bits per heavy atom. The van der Waals surface area contributed by atoms with Gasteiger partial charge in [0.05, 0.1) is 5.41 Å². The van der Waals surface area contributed by atoms with Crippen LogP contribution in [0.3, 0.4) is 0 Å². The molecule has 1 fully saturated rings. The van der Waals surface area contributed by atoms with Crippen LogP contribution in [0, 0.1) is 0 Å². The number of carbonyl (C=O) groups is 1. The van der Waals surface area contributed by atoms with E-state index in [1.54, 1.807) is 18.2 Å². The second-order valence-electron chi connectivity index (χ2n) is 5.05. The zero-order valence-corrected chi connectivity index (χ0v) is 11.3. The van der Waals surface area contributed by atoms with E-state index in [2.05, 4.69) is 15.9 Å². The van der Waals surface area contributed by atoms with E-state index in [0.29, 0.717) is 22.9 Å². The Kier molecular flexibility index (Phi) is 2.81. The summed E-state index contributed by atoms with van der Waals surface area (Å²) in [5, 5.41) is 9.19. The molecule has 2 rings (SSSR count). The molecule has 0 aromatic heterocycles. The summed E-state index contributed by atoms with van der Waals surface area (Å²) in [7, 11) is 0. The van der Waals surface area contributed by atoms with Crippen LogP contribution in [0.5, 0.6) is 0 Å². The van der Waals surface area contributed by atoms with Gasteiger partial charge in [0.15, 0.2) is 0 Å². The summed E-state index contributed by atoms with van der Waals surface area (Å²) in [5.74, 6) is -0.795. The van der Waals surface area contributed by atoms with Gasteiger partial charge in [0.2, 0.25) is 0 Å². The van der Waals surface area contributed by atoms with Crippen molar-refractivity contribution < 1.29 is 14.3 Å². The maximum atomic E-state index is 13.8. The first-order valence-corrected chi connectivity index (χ1v) is 6.29. The number of aliphatic carboxylic acids is 1. The molecule has 0 bridgehead atoms. The van der Waals surface area contributed by atoms with E-state index in [-0.39, 0.29) is 0 Å². The van der Waals surface area contributed by atoms with Crippen molar-refractivity contribution in [2.24, 2.45) is 0 Å². The number of carboxylic acids is 1. The number of halogens is 2. The summed E-state index contributed by atoms with van der Waals surface area (Å²) >= 11 is 3.32. The molecular weight excluding hydrogens is 287 g/mol. The fourth-order valence-corrected chi connectivity index (χ4v) is 2.90. The Morgan fingerprint density at radius 3 is 2.41 bits per heavy atom. The molecule has 0 amide bonds. The van der Waals surface area contributed by atoms with Crippen LogP contribution in [-0.4, -0.2) is 11.1 Å². The van der Waals surface area contributed by atoms with Gasteiger partial charge in [0.25, 0.3) is 0 Å². The fourth-order valence-electron chi connectivity index (χ4n) is 2.05. The van der Waals surface area contributed by atoms with E-state index < -0.39 is 17.1 Å². The van der Waals surface area contributed by atoms with E-state index in [9.17, 15) is 14.3 Å².